The maximum atomic E-state index is 12.2. The Morgan fingerprint density at radius 3 is 1.67 bits per heavy atom. The highest BCUT2D eigenvalue weighted by Gasteiger charge is 2.60. The summed E-state index contributed by atoms with van der Waals surface area (Å²) in [6.45, 7) is -1.53. The number of halogens is 5. The molecule has 0 aliphatic rings. The molecule has 0 bridgehead atoms. The summed E-state index contributed by atoms with van der Waals surface area (Å²) in [7, 11) is 0. The zero-order chi connectivity index (χ0) is 12.3. The smallest absolute Gasteiger partial charge is 0.396 e. The molecule has 0 spiro atoms. The number of hydrogen-bond acceptors (Lipinski definition) is 3. The van der Waals surface area contributed by atoms with Crippen molar-refractivity contribution in [3.8, 4) is 0 Å². The van der Waals surface area contributed by atoms with Crippen molar-refractivity contribution in [3.05, 3.63) is 0 Å². The van der Waals surface area contributed by atoms with Gasteiger partial charge in [-0.1, -0.05) is 6.92 Å². The van der Waals surface area contributed by atoms with Gasteiger partial charge < -0.3 is 14.9 Å². The number of ether oxygens (including phenoxy) is 1. The summed E-state index contributed by atoms with van der Waals surface area (Å²) in [6, 6.07) is 0. The number of aliphatic hydroxyl groups excluding tert-OH is 2. The molecule has 0 aromatic heterocycles. The molecule has 0 amide bonds. The van der Waals surface area contributed by atoms with Crippen molar-refractivity contribution < 1.29 is 36.9 Å². The zero-order valence-corrected chi connectivity index (χ0v) is 7.81. The zero-order valence-electron chi connectivity index (χ0n) is 7.81. The molecule has 0 heterocycles. The van der Waals surface area contributed by atoms with Gasteiger partial charge in [-0.2, -0.15) is 22.0 Å². The van der Waals surface area contributed by atoms with Crippen LogP contribution >= 0.6 is 0 Å². The lowest BCUT2D eigenvalue weighted by molar-refractivity contribution is -0.396. The fraction of sp³-hybridized carbons (Fsp3) is 1.00. The molecule has 0 fully saturated rings. The van der Waals surface area contributed by atoms with Crippen LogP contribution in [0.2, 0.25) is 0 Å². The molecule has 0 saturated heterocycles. The highest BCUT2D eigenvalue weighted by molar-refractivity contribution is 4.74. The van der Waals surface area contributed by atoms with Crippen LogP contribution in [-0.4, -0.2) is 42.3 Å². The van der Waals surface area contributed by atoms with E-state index < -0.39 is 37.5 Å². The molecule has 0 atom stereocenters. The van der Waals surface area contributed by atoms with Gasteiger partial charge >= 0.3 is 12.3 Å². The van der Waals surface area contributed by atoms with Gasteiger partial charge in [0.1, 0.15) is 0 Å². The average molecular weight is 238 g/mol. The quantitative estimate of drug-likeness (QED) is 0.706. The van der Waals surface area contributed by atoms with Crippen molar-refractivity contribution in [1.82, 2.24) is 0 Å². The predicted octanol–water partition coefficient (Wildman–Crippen LogP) is 1.15. The van der Waals surface area contributed by atoms with Gasteiger partial charge in [0.2, 0.25) is 0 Å². The summed E-state index contributed by atoms with van der Waals surface area (Å²) in [5.41, 5.74) is -1.53. The van der Waals surface area contributed by atoms with Crippen LogP contribution in [0.4, 0.5) is 22.0 Å². The van der Waals surface area contributed by atoms with Gasteiger partial charge in [-0.15, -0.1) is 0 Å². The van der Waals surface area contributed by atoms with Crippen LogP contribution in [0.5, 0.6) is 0 Å². The molecule has 8 heteroatoms. The second-order valence-corrected chi connectivity index (χ2v) is 3.43. The number of alkyl halides is 5. The minimum atomic E-state index is -5.81. The van der Waals surface area contributed by atoms with Crippen molar-refractivity contribution in [2.45, 2.75) is 19.2 Å². The minimum absolute atomic E-state index is 0.766. The fourth-order valence-corrected chi connectivity index (χ4v) is 0.488. The van der Waals surface area contributed by atoms with Gasteiger partial charge in [0.25, 0.3) is 0 Å². The van der Waals surface area contributed by atoms with Crippen molar-refractivity contribution in [1.29, 1.82) is 0 Å². The summed E-state index contributed by atoms with van der Waals surface area (Å²) in [5, 5.41) is 17.2. The normalized spacial score (nSPS) is 14.4. The van der Waals surface area contributed by atoms with Crippen LogP contribution in [0, 0.1) is 5.41 Å². The Kier molecular flexibility index (Phi) is 4.44. The molecule has 0 unspecified atom stereocenters. The molecule has 15 heavy (non-hydrogen) atoms. The van der Waals surface area contributed by atoms with E-state index in [-0.39, 0.29) is 0 Å². The first-order valence-electron chi connectivity index (χ1n) is 3.88. The van der Waals surface area contributed by atoms with Gasteiger partial charge in [0.05, 0.1) is 19.8 Å². The Morgan fingerprint density at radius 2 is 1.40 bits per heavy atom. The maximum Gasteiger partial charge on any atom is 0.482 e. The molecular weight excluding hydrogens is 227 g/mol. The third kappa shape index (κ3) is 3.88. The van der Waals surface area contributed by atoms with Gasteiger partial charge in [-0.05, 0) is 0 Å². The van der Waals surface area contributed by atoms with Crippen LogP contribution in [0.3, 0.4) is 0 Å². The molecule has 0 radical (unpaired) electrons. The monoisotopic (exact) mass is 238 g/mol. The number of rotatable bonds is 5. The SMILES string of the molecule is CC(CO)(CO)COC(F)(F)C(F)(F)F. The van der Waals surface area contributed by atoms with Crippen LogP contribution in [-0.2, 0) is 4.74 Å². The van der Waals surface area contributed by atoms with Gasteiger partial charge in [0, 0.05) is 5.41 Å². The molecule has 92 valence electrons. The second kappa shape index (κ2) is 4.58. The number of aliphatic hydroxyl groups is 2. The van der Waals surface area contributed by atoms with Gasteiger partial charge in [0.15, 0.2) is 0 Å². The van der Waals surface area contributed by atoms with E-state index in [1.54, 1.807) is 0 Å². The van der Waals surface area contributed by atoms with E-state index in [1.165, 1.54) is 0 Å². The van der Waals surface area contributed by atoms with Crippen molar-refractivity contribution in [3.63, 3.8) is 0 Å². The topological polar surface area (TPSA) is 49.7 Å². The van der Waals surface area contributed by atoms with E-state index in [2.05, 4.69) is 4.74 Å². The lowest BCUT2D eigenvalue weighted by Gasteiger charge is -2.27. The Bertz CT molecular complexity index is 199. The van der Waals surface area contributed by atoms with Crippen LogP contribution in [0.1, 0.15) is 6.92 Å². The fourth-order valence-electron chi connectivity index (χ4n) is 0.488. The Morgan fingerprint density at radius 1 is 1.00 bits per heavy atom. The Balaban J connectivity index is 4.38. The minimum Gasteiger partial charge on any atom is -0.396 e. The van der Waals surface area contributed by atoms with Gasteiger partial charge in [-0.25, -0.2) is 0 Å². The standard InChI is InChI=1S/C7H11F5O3/c1-5(2-13,3-14)4-15-7(11,12)6(8,9)10/h13-14H,2-4H2,1H3. The molecule has 0 aromatic carbocycles. The summed E-state index contributed by atoms with van der Waals surface area (Å²) >= 11 is 0. The molecule has 0 aromatic rings. The van der Waals surface area contributed by atoms with E-state index in [4.69, 9.17) is 10.2 Å². The molecule has 0 saturated carbocycles. The van der Waals surface area contributed by atoms with E-state index in [9.17, 15) is 22.0 Å². The molecule has 2 N–H and O–H groups in total. The van der Waals surface area contributed by atoms with Crippen LogP contribution in [0.15, 0.2) is 0 Å². The van der Waals surface area contributed by atoms with E-state index in [0.29, 0.717) is 0 Å². The van der Waals surface area contributed by atoms with E-state index >= 15 is 0 Å². The Labute approximate surface area is 82.5 Å². The second-order valence-electron chi connectivity index (χ2n) is 3.43. The summed E-state index contributed by atoms with van der Waals surface area (Å²) < 4.78 is 62.7. The van der Waals surface area contributed by atoms with E-state index in [1.807, 2.05) is 0 Å². The third-order valence-electron chi connectivity index (χ3n) is 1.70. The van der Waals surface area contributed by atoms with Crippen molar-refractivity contribution >= 4 is 0 Å². The van der Waals surface area contributed by atoms with E-state index in [0.717, 1.165) is 6.92 Å². The first kappa shape index (κ1) is 14.5. The van der Waals surface area contributed by atoms with Crippen LogP contribution < -0.4 is 0 Å². The van der Waals surface area contributed by atoms with Crippen molar-refractivity contribution in [2.75, 3.05) is 19.8 Å². The first-order chi connectivity index (χ1) is 6.58. The molecule has 3 nitrogen and oxygen atoms in total. The average Bonchev–Trinajstić information content (AvgIpc) is 2.13. The predicted molar refractivity (Wildman–Crippen MR) is 39.2 cm³/mol. The highest BCUT2D eigenvalue weighted by Crippen LogP contribution is 2.37. The molecule has 0 rings (SSSR count). The number of hydrogen-bond donors (Lipinski definition) is 2. The Hall–Kier alpha value is -0.470. The first-order valence-corrected chi connectivity index (χ1v) is 3.88. The largest absolute Gasteiger partial charge is 0.482 e. The summed E-state index contributed by atoms with van der Waals surface area (Å²) in [5.74, 6) is 0. The highest BCUT2D eigenvalue weighted by atomic mass is 19.4. The lowest BCUT2D eigenvalue weighted by atomic mass is 9.94. The summed E-state index contributed by atoms with van der Waals surface area (Å²) in [6.07, 6.45) is -11.1. The summed E-state index contributed by atoms with van der Waals surface area (Å²) in [4.78, 5) is 0. The van der Waals surface area contributed by atoms with Crippen molar-refractivity contribution in [2.24, 2.45) is 5.41 Å². The van der Waals surface area contributed by atoms with Crippen LogP contribution in [0.25, 0.3) is 0 Å². The molecule has 0 aliphatic carbocycles. The maximum absolute atomic E-state index is 12.2. The molecule has 0 aliphatic heterocycles. The lowest BCUT2D eigenvalue weighted by Crippen LogP contribution is -2.43. The third-order valence-corrected chi connectivity index (χ3v) is 1.70. The van der Waals surface area contributed by atoms with Gasteiger partial charge in [-0.3, -0.25) is 0 Å². The molecular formula is C7H11F5O3.